The smallest absolute Gasteiger partial charge is 0.242 e. The molecule has 0 aromatic carbocycles. The van der Waals surface area contributed by atoms with Crippen LogP contribution in [0.15, 0.2) is 0 Å². The third kappa shape index (κ3) is 2.68. The minimum atomic E-state index is -6.77. The first-order valence-corrected chi connectivity index (χ1v) is 8.40. The summed E-state index contributed by atoms with van der Waals surface area (Å²) in [6.07, 6.45) is -10.2. The van der Waals surface area contributed by atoms with Crippen molar-refractivity contribution >= 4 is 8.07 Å². The van der Waals surface area contributed by atoms with Gasteiger partial charge in [-0.15, -0.1) is 0 Å². The van der Waals surface area contributed by atoms with Crippen molar-refractivity contribution in [1.82, 2.24) is 0 Å². The molecule has 0 N–H and O–H groups in total. The van der Waals surface area contributed by atoms with Crippen LogP contribution in [0.1, 0.15) is 27.7 Å². The van der Waals surface area contributed by atoms with Gasteiger partial charge in [0.25, 0.3) is 16.6 Å². The Morgan fingerprint density at radius 3 is 0.952 bits per heavy atom. The second kappa shape index (κ2) is 6.00. The van der Waals surface area contributed by atoms with Gasteiger partial charge in [-0.25, -0.2) is 39.5 Å². The highest BCUT2D eigenvalue weighted by molar-refractivity contribution is 6.86. The van der Waals surface area contributed by atoms with Crippen molar-refractivity contribution < 1.29 is 39.5 Å². The highest BCUT2D eigenvalue weighted by atomic mass is 28.3. The molecular formula is C11H17F9Si. The summed E-state index contributed by atoms with van der Waals surface area (Å²) in [5.74, 6) is 0. The van der Waals surface area contributed by atoms with E-state index < -0.39 is 49.3 Å². The van der Waals surface area contributed by atoms with Crippen LogP contribution in [0.5, 0.6) is 0 Å². The fraction of sp³-hybridized carbons (Fsp3) is 1.00. The van der Waals surface area contributed by atoms with Crippen LogP contribution in [-0.4, -0.2) is 43.2 Å². The maximum atomic E-state index is 14.0. The molecule has 128 valence electrons. The first-order chi connectivity index (χ1) is 9.14. The lowest BCUT2D eigenvalue weighted by molar-refractivity contribution is -0.0966. The van der Waals surface area contributed by atoms with Gasteiger partial charge in [-0.1, -0.05) is 6.92 Å². The van der Waals surface area contributed by atoms with Gasteiger partial charge in [-0.05, 0) is 26.8 Å². The van der Waals surface area contributed by atoms with Gasteiger partial charge < -0.3 is 0 Å². The molecule has 10 heteroatoms. The van der Waals surface area contributed by atoms with Gasteiger partial charge in [0.2, 0.25) is 0 Å². The zero-order valence-electron chi connectivity index (χ0n) is 11.8. The van der Waals surface area contributed by atoms with Crippen molar-refractivity contribution in [1.29, 1.82) is 0 Å². The molecule has 0 heterocycles. The van der Waals surface area contributed by atoms with E-state index in [9.17, 15) is 39.5 Å². The summed E-state index contributed by atoms with van der Waals surface area (Å²) in [6.45, 7) is 0.912. The molecule has 0 radical (unpaired) electrons. The highest BCUT2D eigenvalue weighted by Crippen LogP contribution is 2.55. The molecule has 0 bridgehead atoms. The van der Waals surface area contributed by atoms with Gasteiger partial charge in [0.1, 0.15) is 0 Å². The van der Waals surface area contributed by atoms with Gasteiger partial charge in [0.05, 0.1) is 0 Å². The Hall–Kier alpha value is -0.413. The fourth-order valence-corrected chi connectivity index (χ4v) is 7.18. The molecule has 0 aliphatic rings. The maximum absolute atomic E-state index is 14.0. The van der Waals surface area contributed by atoms with E-state index in [0.29, 0.717) is 6.92 Å². The predicted molar refractivity (Wildman–Crippen MR) is 62.8 cm³/mol. The summed E-state index contributed by atoms with van der Waals surface area (Å²) in [6, 6.07) is -1.59. The highest BCUT2D eigenvalue weighted by Gasteiger charge is 2.85. The van der Waals surface area contributed by atoms with E-state index in [1.165, 1.54) is 0 Å². The van der Waals surface area contributed by atoms with Crippen LogP contribution in [0.25, 0.3) is 0 Å². The Morgan fingerprint density at radius 2 is 0.857 bits per heavy atom. The molecule has 0 nitrogen and oxygen atoms in total. The van der Waals surface area contributed by atoms with Gasteiger partial charge in [-0.2, -0.15) is 0 Å². The lowest BCUT2D eigenvalue weighted by atomic mass is 10.4. The van der Waals surface area contributed by atoms with Crippen LogP contribution in [-0.2, 0) is 0 Å². The summed E-state index contributed by atoms with van der Waals surface area (Å²) in [4.78, 5) is 0. The Kier molecular flexibility index (Phi) is 5.88. The lowest BCUT2D eigenvalue weighted by Gasteiger charge is -2.48. The fourth-order valence-electron chi connectivity index (χ4n) is 2.39. The number of hydrogen-bond donors (Lipinski definition) is 0. The summed E-state index contributed by atoms with van der Waals surface area (Å²) >= 11 is 0. The molecule has 0 aliphatic carbocycles. The molecule has 21 heavy (non-hydrogen) atoms. The van der Waals surface area contributed by atoms with Crippen molar-refractivity contribution in [2.45, 2.75) is 68.9 Å². The molecule has 0 saturated carbocycles. The van der Waals surface area contributed by atoms with Gasteiger partial charge >= 0.3 is 8.07 Å². The monoisotopic (exact) mass is 348 g/mol. The topological polar surface area (TPSA) is 0 Å². The second-order valence-corrected chi connectivity index (χ2v) is 9.49. The molecular weight excluding hydrogens is 331 g/mol. The van der Waals surface area contributed by atoms with Crippen molar-refractivity contribution in [2.24, 2.45) is 0 Å². The second-order valence-electron chi connectivity index (χ2n) is 4.98. The zero-order chi connectivity index (χ0) is 17.4. The van der Waals surface area contributed by atoms with Crippen molar-refractivity contribution in [3.63, 3.8) is 0 Å². The molecule has 0 fully saturated rings. The minimum Gasteiger partial charge on any atom is -0.242 e. The van der Waals surface area contributed by atoms with E-state index in [1.807, 2.05) is 0 Å². The van der Waals surface area contributed by atoms with Crippen molar-refractivity contribution in [2.75, 3.05) is 0 Å². The molecule has 0 rings (SSSR count). The normalized spacial score (nSPS) is 21.6. The van der Waals surface area contributed by atoms with E-state index in [-0.39, 0.29) is 20.8 Å². The predicted octanol–water partition coefficient (Wildman–Crippen LogP) is 5.05. The van der Waals surface area contributed by atoms with Crippen molar-refractivity contribution in [3.05, 3.63) is 0 Å². The zero-order valence-corrected chi connectivity index (χ0v) is 12.8. The van der Waals surface area contributed by atoms with E-state index in [0.717, 1.165) is 0 Å². The molecule has 0 aliphatic heterocycles. The first kappa shape index (κ1) is 20.6. The molecule has 3 unspecified atom stereocenters. The first-order valence-electron chi connectivity index (χ1n) is 6.20. The third-order valence-corrected chi connectivity index (χ3v) is 9.40. The maximum Gasteiger partial charge on any atom is 0.311 e. The van der Waals surface area contributed by atoms with E-state index >= 15 is 0 Å². The van der Waals surface area contributed by atoms with Gasteiger partial charge in [0.15, 0.2) is 18.5 Å². The molecule has 0 aromatic heterocycles. The average molecular weight is 348 g/mol. The van der Waals surface area contributed by atoms with E-state index in [2.05, 4.69) is 0 Å². The van der Waals surface area contributed by atoms with Crippen molar-refractivity contribution in [3.8, 4) is 0 Å². The van der Waals surface area contributed by atoms with Crippen LogP contribution in [0.4, 0.5) is 39.5 Å². The van der Waals surface area contributed by atoms with Crippen LogP contribution in [0.2, 0.25) is 6.04 Å². The van der Waals surface area contributed by atoms with Gasteiger partial charge in [-0.3, -0.25) is 0 Å². The minimum absolute atomic E-state index is 0.120. The summed E-state index contributed by atoms with van der Waals surface area (Å²) in [7, 11) is -6.77. The van der Waals surface area contributed by atoms with Crippen LogP contribution >= 0.6 is 0 Å². The SMILES string of the molecule is CC[Si](C(F)(F)C(C)F)(C(F)(F)C(C)F)C(F)(F)C(C)F. The standard InChI is InChI=1S/C11H17F9Si/c1-5-21(9(15,16)6(2)12,10(17,18)7(3)13)11(19,20)8(4)14/h6-8H,5H2,1-4H3. The largest absolute Gasteiger partial charge is 0.311 e. The van der Waals surface area contributed by atoms with Crippen LogP contribution in [0.3, 0.4) is 0 Å². The molecule has 0 saturated heterocycles. The van der Waals surface area contributed by atoms with E-state index in [4.69, 9.17) is 0 Å². The summed E-state index contributed by atoms with van der Waals surface area (Å²) < 4.78 is 123. The Bertz CT molecular complexity index is 301. The molecule has 3 atom stereocenters. The Labute approximate surface area is 117 Å². The summed E-state index contributed by atoms with van der Waals surface area (Å²) in [5, 5.41) is 0. The third-order valence-electron chi connectivity index (χ3n) is 3.74. The number of rotatable bonds is 7. The Balaban J connectivity index is 6.64. The van der Waals surface area contributed by atoms with E-state index in [1.54, 1.807) is 0 Å². The van der Waals surface area contributed by atoms with Gasteiger partial charge in [0, 0.05) is 0 Å². The summed E-state index contributed by atoms with van der Waals surface area (Å²) in [5.41, 5.74) is -15.6. The quantitative estimate of drug-likeness (QED) is 0.446. The number of hydrogen-bond acceptors (Lipinski definition) is 0. The number of alkyl halides is 9. The lowest BCUT2D eigenvalue weighted by Crippen LogP contribution is -2.80. The average Bonchev–Trinajstić information content (AvgIpc) is 2.28. The molecule has 0 amide bonds. The molecule has 0 spiro atoms. The number of halogens is 9. The van der Waals surface area contributed by atoms with Crippen LogP contribution < -0.4 is 0 Å². The van der Waals surface area contributed by atoms with Crippen LogP contribution in [0, 0.1) is 0 Å². The molecule has 0 aromatic rings. The Morgan fingerprint density at radius 1 is 0.667 bits per heavy atom.